The Morgan fingerprint density at radius 1 is 1.50 bits per heavy atom. The van der Waals surface area contributed by atoms with E-state index in [2.05, 4.69) is 15.9 Å². The molecule has 0 aliphatic heterocycles. The molecular formula is C10H10BrF. The van der Waals surface area contributed by atoms with E-state index in [1.807, 2.05) is 18.2 Å². The first kappa shape index (κ1) is 8.24. The van der Waals surface area contributed by atoms with E-state index in [-0.39, 0.29) is 0 Å². The van der Waals surface area contributed by atoms with E-state index < -0.39 is 5.67 Å². The van der Waals surface area contributed by atoms with Crippen LogP contribution in [0.2, 0.25) is 0 Å². The number of fused-ring (bicyclic) bond motifs is 1. The first-order chi connectivity index (χ1) is 5.59. The molecule has 0 radical (unpaired) electrons. The van der Waals surface area contributed by atoms with Crippen molar-refractivity contribution in [2.24, 2.45) is 0 Å². The monoisotopic (exact) mass is 228 g/mol. The molecule has 1 atom stereocenters. The summed E-state index contributed by atoms with van der Waals surface area (Å²) in [5.74, 6) is 0. The Kier molecular flexibility index (Phi) is 1.76. The van der Waals surface area contributed by atoms with Gasteiger partial charge in [0.15, 0.2) is 0 Å². The van der Waals surface area contributed by atoms with E-state index in [9.17, 15) is 4.39 Å². The highest BCUT2D eigenvalue weighted by atomic mass is 79.9. The highest BCUT2D eigenvalue weighted by Gasteiger charge is 2.33. The predicted molar refractivity (Wildman–Crippen MR) is 50.9 cm³/mol. The molecule has 0 N–H and O–H groups in total. The van der Waals surface area contributed by atoms with Crippen molar-refractivity contribution in [2.45, 2.75) is 25.4 Å². The lowest BCUT2D eigenvalue weighted by atomic mass is 10.0. The molecule has 2 rings (SSSR count). The van der Waals surface area contributed by atoms with Gasteiger partial charge in [0.05, 0.1) is 0 Å². The third-order valence-electron chi connectivity index (χ3n) is 2.50. The van der Waals surface area contributed by atoms with Gasteiger partial charge < -0.3 is 0 Å². The second kappa shape index (κ2) is 2.56. The lowest BCUT2D eigenvalue weighted by molar-refractivity contribution is 0.194. The summed E-state index contributed by atoms with van der Waals surface area (Å²) in [6, 6.07) is 5.87. The molecule has 1 aliphatic rings. The maximum atomic E-state index is 13.8. The summed E-state index contributed by atoms with van der Waals surface area (Å²) in [5.41, 5.74) is 0.902. The van der Waals surface area contributed by atoms with E-state index in [0.717, 1.165) is 22.0 Å². The van der Waals surface area contributed by atoms with Crippen molar-refractivity contribution in [3.63, 3.8) is 0 Å². The fourth-order valence-electron chi connectivity index (χ4n) is 1.76. The van der Waals surface area contributed by atoms with Crippen molar-refractivity contribution in [1.82, 2.24) is 0 Å². The third kappa shape index (κ3) is 1.18. The van der Waals surface area contributed by atoms with Crippen LogP contribution in [0.1, 0.15) is 24.5 Å². The van der Waals surface area contributed by atoms with Crippen LogP contribution in [0.25, 0.3) is 0 Å². The topological polar surface area (TPSA) is 0 Å². The van der Waals surface area contributed by atoms with E-state index >= 15 is 0 Å². The summed E-state index contributed by atoms with van der Waals surface area (Å²) in [5, 5.41) is 0. The predicted octanol–water partition coefficient (Wildman–Crippen LogP) is 3.58. The number of hydrogen-bond acceptors (Lipinski definition) is 0. The molecule has 64 valence electrons. The molecule has 0 bridgehead atoms. The summed E-state index contributed by atoms with van der Waals surface area (Å²) in [7, 11) is 0. The number of halogens is 2. The van der Waals surface area contributed by atoms with Crippen LogP contribution in [0.3, 0.4) is 0 Å². The quantitative estimate of drug-likeness (QED) is 0.637. The summed E-state index contributed by atoms with van der Waals surface area (Å²) in [6.07, 6.45) is 1.49. The third-order valence-corrected chi connectivity index (χ3v) is 2.99. The van der Waals surface area contributed by atoms with Crippen molar-refractivity contribution in [3.8, 4) is 0 Å². The summed E-state index contributed by atoms with van der Waals surface area (Å²) >= 11 is 3.35. The van der Waals surface area contributed by atoms with Crippen molar-refractivity contribution < 1.29 is 4.39 Å². The standard InChI is InChI=1S/C10H10BrF/c1-10(12)5-4-7-2-3-8(11)6-9(7)10/h2-3,6H,4-5H2,1H3. The zero-order valence-electron chi connectivity index (χ0n) is 6.90. The number of benzene rings is 1. The first-order valence-electron chi connectivity index (χ1n) is 4.07. The lowest BCUT2D eigenvalue weighted by Gasteiger charge is -2.13. The van der Waals surface area contributed by atoms with Gasteiger partial charge in [0.1, 0.15) is 5.67 Å². The van der Waals surface area contributed by atoms with Gasteiger partial charge in [-0.3, -0.25) is 0 Å². The fourth-order valence-corrected chi connectivity index (χ4v) is 2.12. The number of rotatable bonds is 0. The Balaban J connectivity index is 2.57. The van der Waals surface area contributed by atoms with Gasteiger partial charge in [-0.1, -0.05) is 22.0 Å². The molecule has 0 saturated heterocycles. The zero-order valence-corrected chi connectivity index (χ0v) is 8.49. The van der Waals surface area contributed by atoms with E-state index in [1.165, 1.54) is 0 Å². The SMILES string of the molecule is CC1(F)CCc2ccc(Br)cc21. The van der Waals surface area contributed by atoms with Gasteiger partial charge in [0.2, 0.25) is 0 Å². The fraction of sp³-hybridized carbons (Fsp3) is 0.400. The number of hydrogen-bond donors (Lipinski definition) is 0. The van der Waals surface area contributed by atoms with Gasteiger partial charge in [-0.2, -0.15) is 0 Å². The molecule has 1 aromatic rings. The zero-order chi connectivity index (χ0) is 8.77. The number of aryl methyl sites for hydroxylation is 1. The minimum absolute atomic E-state index is 0.624. The summed E-state index contributed by atoms with van der Waals surface area (Å²) < 4.78 is 14.7. The highest BCUT2D eigenvalue weighted by Crippen LogP contribution is 2.40. The van der Waals surface area contributed by atoms with Gasteiger partial charge in [-0.05, 0) is 43.0 Å². The number of alkyl halides is 1. The molecule has 0 spiro atoms. The molecule has 0 nitrogen and oxygen atoms in total. The normalized spacial score (nSPS) is 27.2. The Bertz CT molecular complexity index is 318. The van der Waals surface area contributed by atoms with Crippen LogP contribution < -0.4 is 0 Å². The van der Waals surface area contributed by atoms with Crippen LogP contribution in [-0.4, -0.2) is 0 Å². The van der Waals surface area contributed by atoms with Crippen molar-refractivity contribution >= 4 is 15.9 Å². The molecular weight excluding hydrogens is 219 g/mol. The van der Waals surface area contributed by atoms with Crippen molar-refractivity contribution in [3.05, 3.63) is 33.8 Å². The molecule has 0 amide bonds. The summed E-state index contributed by atoms with van der Waals surface area (Å²) in [4.78, 5) is 0. The molecule has 1 unspecified atom stereocenters. The Hall–Kier alpha value is -0.370. The average Bonchev–Trinajstić information content (AvgIpc) is 2.28. The van der Waals surface area contributed by atoms with Gasteiger partial charge in [-0.15, -0.1) is 0 Å². The van der Waals surface area contributed by atoms with Crippen molar-refractivity contribution in [1.29, 1.82) is 0 Å². The lowest BCUT2D eigenvalue weighted by Crippen LogP contribution is -2.09. The molecule has 0 saturated carbocycles. The Morgan fingerprint density at radius 3 is 3.00 bits per heavy atom. The second-order valence-electron chi connectivity index (χ2n) is 3.50. The van der Waals surface area contributed by atoms with Gasteiger partial charge in [-0.25, -0.2) is 4.39 Å². The second-order valence-corrected chi connectivity index (χ2v) is 4.41. The van der Waals surface area contributed by atoms with Crippen LogP contribution in [0.5, 0.6) is 0 Å². The van der Waals surface area contributed by atoms with Crippen LogP contribution in [0, 0.1) is 0 Å². The molecule has 0 fully saturated rings. The molecule has 0 aromatic heterocycles. The smallest absolute Gasteiger partial charge is 0.133 e. The maximum Gasteiger partial charge on any atom is 0.133 e. The minimum Gasteiger partial charge on any atom is -0.239 e. The largest absolute Gasteiger partial charge is 0.239 e. The van der Waals surface area contributed by atoms with E-state index in [1.54, 1.807) is 6.92 Å². The molecule has 1 aliphatic carbocycles. The van der Waals surface area contributed by atoms with Gasteiger partial charge >= 0.3 is 0 Å². The Morgan fingerprint density at radius 2 is 2.25 bits per heavy atom. The summed E-state index contributed by atoms with van der Waals surface area (Å²) in [6.45, 7) is 1.66. The van der Waals surface area contributed by atoms with Gasteiger partial charge in [0.25, 0.3) is 0 Å². The van der Waals surface area contributed by atoms with Crippen LogP contribution in [0.4, 0.5) is 4.39 Å². The van der Waals surface area contributed by atoms with Gasteiger partial charge in [0, 0.05) is 4.47 Å². The first-order valence-corrected chi connectivity index (χ1v) is 4.87. The average molecular weight is 229 g/mol. The van der Waals surface area contributed by atoms with E-state index in [4.69, 9.17) is 0 Å². The molecule has 2 heteroatoms. The van der Waals surface area contributed by atoms with Crippen LogP contribution >= 0.6 is 15.9 Å². The van der Waals surface area contributed by atoms with E-state index in [0.29, 0.717) is 6.42 Å². The minimum atomic E-state index is -1.11. The Labute approximate surface area is 79.9 Å². The highest BCUT2D eigenvalue weighted by molar-refractivity contribution is 9.10. The van der Waals surface area contributed by atoms with Crippen LogP contribution in [0.15, 0.2) is 22.7 Å². The maximum absolute atomic E-state index is 13.8. The van der Waals surface area contributed by atoms with Crippen molar-refractivity contribution in [2.75, 3.05) is 0 Å². The molecule has 1 aromatic carbocycles. The van der Waals surface area contributed by atoms with Crippen LogP contribution in [-0.2, 0) is 12.1 Å². The molecule has 12 heavy (non-hydrogen) atoms. The molecule has 0 heterocycles.